The molecule has 1 aromatic heterocycles. The highest BCUT2D eigenvalue weighted by Gasteiger charge is 2.24. The van der Waals surface area contributed by atoms with E-state index in [2.05, 4.69) is 20.6 Å². The molecule has 0 radical (unpaired) electrons. The van der Waals surface area contributed by atoms with Crippen molar-refractivity contribution < 1.29 is 18.4 Å². The van der Waals surface area contributed by atoms with Crippen molar-refractivity contribution in [2.24, 2.45) is 0 Å². The zero-order valence-corrected chi connectivity index (χ0v) is 13.9. The maximum absolute atomic E-state index is 13.9. The van der Waals surface area contributed by atoms with Crippen molar-refractivity contribution in [3.8, 4) is 5.75 Å². The number of hydrogen-bond donors (Lipinski definition) is 2. The molecule has 1 heterocycles. The van der Waals surface area contributed by atoms with Gasteiger partial charge in [0, 0.05) is 6.07 Å². The van der Waals surface area contributed by atoms with E-state index in [1.807, 2.05) is 0 Å². The largest absolute Gasteiger partial charge is 0.495 e. The van der Waals surface area contributed by atoms with Crippen molar-refractivity contribution in [1.82, 2.24) is 9.97 Å². The molecule has 0 aliphatic carbocycles. The molecule has 0 aliphatic rings. The second-order valence-corrected chi connectivity index (χ2v) is 5.25. The number of aromatic nitrogens is 2. The summed E-state index contributed by atoms with van der Waals surface area (Å²) in [6.45, 7) is 0. The number of hydrogen-bond acceptors (Lipinski definition) is 7. The lowest BCUT2D eigenvalue weighted by Gasteiger charge is -2.12. The van der Waals surface area contributed by atoms with Crippen molar-refractivity contribution >= 4 is 28.7 Å². The maximum Gasteiger partial charge on any atom is 0.353 e. The van der Waals surface area contributed by atoms with Crippen LogP contribution in [0.5, 0.6) is 5.75 Å². The summed E-state index contributed by atoms with van der Waals surface area (Å²) in [5.74, 6) is -1.49. The number of rotatable bonds is 6. The van der Waals surface area contributed by atoms with Crippen molar-refractivity contribution in [1.29, 1.82) is 0 Å². The molecule has 0 fully saturated rings. The predicted molar refractivity (Wildman–Crippen MR) is 94.6 cm³/mol. The van der Waals surface area contributed by atoms with E-state index in [4.69, 9.17) is 4.74 Å². The van der Waals surface area contributed by atoms with Crippen LogP contribution in [0.1, 0.15) is 0 Å². The minimum atomic E-state index is -0.788. The Labute approximate surface area is 152 Å². The second-order valence-electron chi connectivity index (χ2n) is 5.25. The van der Waals surface area contributed by atoms with Gasteiger partial charge in [-0.3, -0.25) is 10.1 Å². The minimum absolute atomic E-state index is 0.140. The number of benzene rings is 2. The molecule has 2 N–H and O–H groups in total. The van der Waals surface area contributed by atoms with Gasteiger partial charge in [0.05, 0.1) is 23.4 Å². The summed E-state index contributed by atoms with van der Waals surface area (Å²) in [6.07, 6.45) is 1.06. The molecule has 0 bridgehead atoms. The summed E-state index contributed by atoms with van der Waals surface area (Å²) in [5.41, 5.74) is -0.392. The van der Waals surface area contributed by atoms with Gasteiger partial charge in [-0.15, -0.1) is 0 Å². The Balaban J connectivity index is 2.03. The molecule has 27 heavy (non-hydrogen) atoms. The van der Waals surface area contributed by atoms with Gasteiger partial charge in [0.25, 0.3) is 0 Å². The summed E-state index contributed by atoms with van der Waals surface area (Å²) in [7, 11) is 1.45. The number of para-hydroxylation sites is 2. The minimum Gasteiger partial charge on any atom is -0.495 e. The van der Waals surface area contributed by atoms with Crippen LogP contribution >= 0.6 is 0 Å². The van der Waals surface area contributed by atoms with Gasteiger partial charge in [-0.2, -0.15) is 0 Å². The van der Waals surface area contributed by atoms with Crippen LogP contribution in [0.4, 0.5) is 37.5 Å². The van der Waals surface area contributed by atoms with E-state index in [9.17, 15) is 18.9 Å². The van der Waals surface area contributed by atoms with E-state index >= 15 is 0 Å². The molecular formula is C17H13F2N5O3. The van der Waals surface area contributed by atoms with Crippen LogP contribution in [0.2, 0.25) is 0 Å². The van der Waals surface area contributed by atoms with Gasteiger partial charge in [0.2, 0.25) is 11.6 Å². The topological polar surface area (TPSA) is 102 Å². The smallest absolute Gasteiger partial charge is 0.353 e. The van der Waals surface area contributed by atoms with Gasteiger partial charge in [0.1, 0.15) is 23.7 Å². The zero-order valence-electron chi connectivity index (χ0n) is 13.9. The maximum atomic E-state index is 13.9. The van der Waals surface area contributed by atoms with Crippen molar-refractivity contribution in [3.63, 3.8) is 0 Å². The lowest BCUT2D eigenvalue weighted by Crippen LogP contribution is -2.06. The number of nitrogens with one attached hydrogen (secondary N) is 2. The fraction of sp³-hybridized carbons (Fsp3) is 0.0588. The Bertz CT molecular complexity index is 1000. The molecular weight excluding hydrogens is 360 g/mol. The summed E-state index contributed by atoms with van der Waals surface area (Å²) in [4.78, 5) is 18.5. The molecule has 3 rings (SSSR count). The van der Waals surface area contributed by atoms with Crippen LogP contribution in [-0.4, -0.2) is 22.0 Å². The van der Waals surface area contributed by atoms with Gasteiger partial charge < -0.3 is 15.4 Å². The van der Waals surface area contributed by atoms with Crippen molar-refractivity contribution in [3.05, 3.63) is 70.5 Å². The normalized spacial score (nSPS) is 10.3. The van der Waals surface area contributed by atoms with E-state index < -0.39 is 22.2 Å². The van der Waals surface area contributed by atoms with Gasteiger partial charge in [-0.05, 0) is 24.3 Å². The summed E-state index contributed by atoms with van der Waals surface area (Å²) in [5, 5.41) is 16.8. The number of anilines is 4. The molecule has 8 nitrogen and oxygen atoms in total. The highest BCUT2D eigenvalue weighted by Crippen LogP contribution is 2.35. The van der Waals surface area contributed by atoms with E-state index in [0.29, 0.717) is 11.4 Å². The monoisotopic (exact) mass is 373 g/mol. The van der Waals surface area contributed by atoms with Gasteiger partial charge in [-0.1, -0.05) is 12.1 Å². The quantitative estimate of drug-likeness (QED) is 0.494. The Hall–Kier alpha value is -3.82. The molecule has 0 unspecified atom stereocenters. The van der Waals surface area contributed by atoms with E-state index in [0.717, 1.165) is 24.5 Å². The number of ether oxygens (including phenoxy) is 1. The summed E-state index contributed by atoms with van der Waals surface area (Å²) in [6, 6.07) is 9.45. The lowest BCUT2D eigenvalue weighted by atomic mass is 10.2. The molecule has 0 saturated carbocycles. The van der Waals surface area contributed by atoms with Crippen LogP contribution in [0, 0.1) is 21.7 Å². The Morgan fingerprint density at radius 2 is 1.70 bits per heavy atom. The number of nitro groups is 1. The predicted octanol–water partition coefficient (Wildman–Crippen LogP) is 4.16. The SMILES string of the molecule is COc1ccccc1Nc1ncnc(Nc2cc(F)ccc2F)c1[N+](=O)[O-]. The van der Waals surface area contributed by atoms with Crippen LogP contribution < -0.4 is 15.4 Å². The van der Waals surface area contributed by atoms with Crippen LogP contribution in [0.3, 0.4) is 0 Å². The van der Waals surface area contributed by atoms with Crippen molar-refractivity contribution in [2.45, 2.75) is 0 Å². The van der Waals surface area contributed by atoms with Crippen molar-refractivity contribution in [2.75, 3.05) is 17.7 Å². The first-order valence-corrected chi connectivity index (χ1v) is 7.61. The molecule has 0 aliphatic heterocycles. The molecule has 0 amide bonds. The molecule has 0 atom stereocenters. The van der Waals surface area contributed by atoms with Gasteiger partial charge in [-0.25, -0.2) is 18.7 Å². The standard InChI is InChI=1S/C17H13F2N5O3/c1-27-14-5-3-2-4-12(14)22-16-15(24(25)26)17(21-9-20-16)23-13-8-10(18)6-7-11(13)19/h2-9H,1H3,(H2,20,21,22,23). The number of methoxy groups -OCH3 is 1. The Kier molecular flexibility index (Phi) is 5.06. The molecule has 3 aromatic rings. The van der Waals surface area contributed by atoms with Gasteiger partial charge in [0.15, 0.2) is 0 Å². The second kappa shape index (κ2) is 7.60. The van der Waals surface area contributed by atoms with E-state index in [1.54, 1.807) is 24.3 Å². The van der Waals surface area contributed by atoms with E-state index in [1.165, 1.54) is 7.11 Å². The molecule has 2 aromatic carbocycles. The third kappa shape index (κ3) is 3.89. The number of nitrogens with zero attached hydrogens (tertiary/aromatic N) is 3. The average molecular weight is 373 g/mol. The first-order chi connectivity index (χ1) is 13.0. The Morgan fingerprint density at radius 1 is 1.04 bits per heavy atom. The fourth-order valence-corrected chi connectivity index (χ4v) is 2.33. The molecule has 138 valence electrons. The van der Waals surface area contributed by atoms with E-state index in [-0.39, 0.29) is 17.3 Å². The molecule has 0 spiro atoms. The molecule has 10 heteroatoms. The average Bonchev–Trinajstić information content (AvgIpc) is 2.65. The van der Waals surface area contributed by atoms with Crippen LogP contribution in [0.15, 0.2) is 48.8 Å². The number of halogens is 2. The summed E-state index contributed by atoms with van der Waals surface area (Å²) >= 11 is 0. The summed E-state index contributed by atoms with van der Waals surface area (Å²) < 4.78 is 32.4. The first kappa shape index (κ1) is 18.0. The first-order valence-electron chi connectivity index (χ1n) is 7.61. The third-order valence-electron chi connectivity index (χ3n) is 3.55. The van der Waals surface area contributed by atoms with Crippen LogP contribution in [0.25, 0.3) is 0 Å². The fourth-order valence-electron chi connectivity index (χ4n) is 2.33. The third-order valence-corrected chi connectivity index (χ3v) is 3.55. The Morgan fingerprint density at radius 3 is 2.37 bits per heavy atom. The lowest BCUT2D eigenvalue weighted by molar-refractivity contribution is -0.383. The van der Waals surface area contributed by atoms with Crippen LogP contribution in [-0.2, 0) is 0 Å². The molecule has 0 saturated heterocycles. The highest BCUT2D eigenvalue weighted by molar-refractivity contribution is 5.78. The zero-order chi connectivity index (χ0) is 19.4. The highest BCUT2D eigenvalue weighted by atomic mass is 19.1. The van der Waals surface area contributed by atoms with Gasteiger partial charge >= 0.3 is 5.69 Å².